The molecule has 1 N–H and O–H groups in total. The highest BCUT2D eigenvalue weighted by Gasteiger charge is 2.26. The summed E-state index contributed by atoms with van der Waals surface area (Å²) in [4.78, 5) is 17.2. The van der Waals surface area contributed by atoms with E-state index in [9.17, 15) is 0 Å². The molecule has 1 aliphatic rings. The average molecular weight is 383 g/mol. The van der Waals surface area contributed by atoms with Crippen molar-refractivity contribution in [1.82, 2.24) is 14.5 Å². The number of pyridine rings is 1. The SMILES string of the molecule is COc1cccc2c1OCC(n1ccnc1-c1cccnc1OC)C2.O=CO. The van der Waals surface area contributed by atoms with Crippen LogP contribution in [0, 0.1) is 0 Å². The molecule has 146 valence electrons. The summed E-state index contributed by atoms with van der Waals surface area (Å²) in [6.45, 7) is 0.305. The number of para-hydroxylation sites is 1. The van der Waals surface area contributed by atoms with Gasteiger partial charge in [0.2, 0.25) is 5.88 Å². The number of methoxy groups -OCH3 is 2. The summed E-state index contributed by atoms with van der Waals surface area (Å²) in [5.74, 6) is 3.00. The van der Waals surface area contributed by atoms with Crippen molar-refractivity contribution in [3.8, 4) is 28.8 Å². The van der Waals surface area contributed by atoms with E-state index in [-0.39, 0.29) is 12.5 Å². The lowest BCUT2D eigenvalue weighted by Crippen LogP contribution is -2.25. The van der Waals surface area contributed by atoms with E-state index in [1.165, 1.54) is 0 Å². The zero-order chi connectivity index (χ0) is 19.9. The maximum absolute atomic E-state index is 8.36. The number of rotatable bonds is 4. The Morgan fingerprint density at radius 3 is 2.75 bits per heavy atom. The van der Waals surface area contributed by atoms with Crippen LogP contribution in [0.4, 0.5) is 0 Å². The fourth-order valence-corrected chi connectivity index (χ4v) is 3.26. The molecule has 3 aromatic rings. The van der Waals surface area contributed by atoms with Gasteiger partial charge in [-0.05, 0) is 18.2 Å². The fraction of sp³-hybridized carbons (Fsp3) is 0.250. The van der Waals surface area contributed by atoms with Gasteiger partial charge in [0.05, 0.1) is 25.8 Å². The summed E-state index contributed by atoms with van der Waals surface area (Å²) in [5.41, 5.74) is 2.00. The lowest BCUT2D eigenvalue weighted by molar-refractivity contribution is -0.122. The van der Waals surface area contributed by atoms with Gasteiger partial charge in [0.1, 0.15) is 12.4 Å². The van der Waals surface area contributed by atoms with Crippen LogP contribution in [0.5, 0.6) is 17.4 Å². The van der Waals surface area contributed by atoms with Crippen molar-refractivity contribution in [2.45, 2.75) is 12.5 Å². The first kappa shape index (κ1) is 19.2. The molecule has 0 fully saturated rings. The van der Waals surface area contributed by atoms with Crippen molar-refractivity contribution in [2.75, 3.05) is 20.8 Å². The molecule has 0 radical (unpaired) electrons. The van der Waals surface area contributed by atoms with Crippen LogP contribution < -0.4 is 14.2 Å². The number of hydrogen-bond donors (Lipinski definition) is 1. The van der Waals surface area contributed by atoms with E-state index in [1.807, 2.05) is 30.5 Å². The van der Waals surface area contributed by atoms with E-state index in [1.54, 1.807) is 26.6 Å². The van der Waals surface area contributed by atoms with Crippen LogP contribution in [0.15, 0.2) is 48.9 Å². The van der Waals surface area contributed by atoms with Crippen LogP contribution in [-0.4, -0.2) is 46.9 Å². The number of carboxylic acid groups (broad SMARTS) is 1. The molecule has 0 spiro atoms. The number of aromatic nitrogens is 3. The van der Waals surface area contributed by atoms with Gasteiger partial charge in [0, 0.05) is 30.6 Å². The minimum absolute atomic E-state index is 0.141. The monoisotopic (exact) mass is 383 g/mol. The first-order valence-corrected chi connectivity index (χ1v) is 8.62. The summed E-state index contributed by atoms with van der Waals surface area (Å²) in [5, 5.41) is 6.89. The Labute approximate surface area is 162 Å². The molecule has 2 aromatic heterocycles. The van der Waals surface area contributed by atoms with Gasteiger partial charge in [-0.15, -0.1) is 0 Å². The van der Waals surface area contributed by atoms with Crippen molar-refractivity contribution in [3.05, 3.63) is 54.5 Å². The normalized spacial score (nSPS) is 14.7. The molecular formula is C20H21N3O5. The lowest BCUT2D eigenvalue weighted by Gasteiger charge is -2.28. The highest BCUT2D eigenvalue weighted by Crippen LogP contribution is 2.38. The number of hydrogen-bond acceptors (Lipinski definition) is 6. The Hall–Kier alpha value is -3.55. The Balaban J connectivity index is 0.000000706. The minimum atomic E-state index is -0.250. The molecule has 0 amide bonds. The van der Waals surface area contributed by atoms with Gasteiger partial charge < -0.3 is 23.9 Å². The van der Waals surface area contributed by atoms with Crippen molar-refractivity contribution in [1.29, 1.82) is 0 Å². The predicted octanol–water partition coefficient (Wildman–Crippen LogP) is 2.84. The quantitative estimate of drug-likeness (QED) is 0.692. The van der Waals surface area contributed by atoms with E-state index in [4.69, 9.17) is 24.1 Å². The van der Waals surface area contributed by atoms with Gasteiger partial charge in [0.25, 0.3) is 6.47 Å². The smallest absolute Gasteiger partial charge is 0.290 e. The molecule has 4 rings (SSSR count). The van der Waals surface area contributed by atoms with Crippen LogP contribution in [-0.2, 0) is 11.2 Å². The van der Waals surface area contributed by atoms with Crippen LogP contribution >= 0.6 is 0 Å². The topological polar surface area (TPSA) is 95.7 Å². The minimum Gasteiger partial charge on any atom is -0.493 e. The molecule has 0 saturated heterocycles. The maximum atomic E-state index is 8.36. The first-order chi connectivity index (χ1) is 13.7. The van der Waals surface area contributed by atoms with Crippen molar-refractivity contribution in [2.24, 2.45) is 0 Å². The van der Waals surface area contributed by atoms with Gasteiger partial charge in [-0.2, -0.15) is 0 Å². The van der Waals surface area contributed by atoms with Crippen LogP contribution in [0.2, 0.25) is 0 Å². The molecule has 8 heteroatoms. The van der Waals surface area contributed by atoms with E-state index >= 15 is 0 Å². The van der Waals surface area contributed by atoms with Crippen molar-refractivity contribution in [3.63, 3.8) is 0 Å². The third kappa shape index (κ3) is 3.75. The molecule has 0 saturated carbocycles. The average Bonchev–Trinajstić information content (AvgIpc) is 3.23. The van der Waals surface area contributed by atoms with Gasteiger partial charge in [-0.25, -0.2) is 9.97 Å². The van der Waals surface area contributed by atoms with Crippen LogP contribution in [0.3, 0.4) is 0 Å². The summed E-state index contributed by atoms with van der Waals surface area (Å²) in [6, 6.07) is 9.97. The number of carbonyl (C=O) groups is 1. The predicted molar refractivity (Wildman–Crippen MR) is 102 cm³/mol. The Kier molecular flexibility index (Phi) is 6.11. The zero-order valence-electron chi connectivity index (χ0n) is 15.6. The Bertz CT molecular complexity index is 941. The second-order valence-corrected chi connectivity index (χ2v) is 5.94. The van der Waals surface area contributed by atoms with E-state index in [2.05, 4.69) is 20.6 Å². The number of nitrogens with zero attached hydrogens (tertiary/aromatic N) is 3. The lowest BCUT2D eigenvalue weighted by atomic mass is 10.0. The Morgan fingerprint density at radius 1 is 1.18 bits per heavy atom. The van der Waals surface area contributed by atoms with Crippen molar-refractivity contribution < 1.29 is 24.1 Å². The standard InChI is InChI=1S/C19H19N3O3.CH2O2/c1-23-16-7-3-5-13-11-14(12-25-17(13)16)22-10-9-20-18(22)15-6-4-8-21-19(15)24-2;2-1-3/h3-10,14H,11-12H2,1-2H3;1H,(H,2,3). The summed E-state index contributed by atoms with van der Waals surface area (Å²) >= 11 is 0. The largest absolute Gasteiger partial charge is 0.493 e. The third-order valence-corrected chi connectivity index (χ3v) is 4.42. The van der Waals surface area contributed by atoms with E-state index < -0.39 is 0 Å². The molecule has 0 bridgehead atoms. The zero-order valence-corrected chi connectivity index (χ0v) is 15.6. The van der Waals surface area contributed by atoms with Gasteiger partial charge in [-0.1, -0.05) is 12.1 Å². The molecule has 0 aliphatic carbocycles. The summed E-state index contributed by atoms with van der Waals surface area (Å²) in [6.07, 6.45) is 6.32. The Morgan fingerprint density at radius 2 is 2.00 bits per heavy atom. The van der Waals surface area contributed by atoms with Crippen LogP contribution in [0.25, 0.3) is 11.4 Å². The van der Waals surface area contributed by atoms with Crippen molar-refractivity contribution >= 4 is 6.47 Å². The second kappa shape index (κ2) is 8.90. The number of fused-ring (bicyclic) bond motifs is 1. The van der Waals surface area contributed by atoms with Gasteiger partial charge in [-0.3, -0.25) is 4.79 Å². The van der Waals surface area contributed by atoms with E-state index in [0.717, 1.165) is 34.9 Å². The highest BCUT2D eigenvalue weighted by atomic mass is 16.5. The molecule has 1 aliphatic heterocycles. The molecule has 1 aromatic carbocycles. The summed E-state index contributed by atoms with van der Waals surface area (Å²) in [7, 11) is 3.28. The fourth-order valence-electron chi connectivity index (χ4n) is 3.26. The molecule has 1 atom stereocenters. The highest BCUT2D eigenvalue weighted by molar-refractivity contribution is 5.62. The number of benzene rings is 1. The third-order valence-electron chi connectivity index (χ3n) is 4.42. The first-order valence-electron chi connectivity index (χ1n) is 8.62. The molecule has 1 unspecified atom stereocenters. The number of imidazole rings is 1. The van der Waals surface area contributed by atoms with Crippen LogP contribution in [0.1, 0.15) is 11.6 Å². The van der Waals surface area contributed by atoms with Gasteiger partial charge >= 0.3 is 0 Å². The second-order valence-electron chi connectivity index (χ2n) is 5.94. The van der Waals surface area contributed by atoms with Gasteiger partial charge in [0.15, 0.2) is 11.5 Å². The molecule has 28 heavy (non-hydrogen) atoms. The maximum Gasteiger partial charge on any atom is 0.290 e. The summed E-state index contributed by atoms with van der Waals surface area (Å²) < 4.78 is 18.9. The molecular weight excluding hydrogens is 362 g/mol. The molecule has 3 heterocycles. The number of ether oxygens (including phenoxy) is 3. The van der Waals surface area contributed by atoms with E-state index in [0.29, 0.717) is 12.5 Å². The molecule has 8 nitrogen and oxygen atoms in total.